The van der Waals surface area contributed by atoms with Crippen LogP contribution in [0.5, 0.6) is 0 Å². The summed E-state index contributed by atoms with van der Waals surface area (Å²) in [6.07, 6.45) is 3.01. The molecule has 130 valence electrons. The fourth-order valence-electron chi connectivity index (χ4n) is 2.48. The largest absolute Gasteiger partial charge is 0.360 e. The molecule has 3 N–H and O–H groups in total. The quantitative estimate of drug-likeness (QED) is 0.478. The number of amides is 1. The zero-order valence-corrected chi connectivity index (χ0v) is 14.6. The van der Waals surface area contributed by atoms with Gasteiger partial charge in [0, 0.05) is 17.6 Å². The first-order valence-electron chi connectivity index (χ1n) is 8.28. The molecular weight excluding hydrogens is 326 g/mol. The fraction of sp³-hybridized carbons (Fsp3) is 0.150. The Morgan fingerprint density at radius 3 is 2.62 bits per heavy atom. The molecule has 1 amide bonds. The van der Waals surface area contributed by atoms with Crippen molar-refractivity contribution in [2.24, 2.45) is 0 Å². The summed E-state index contributed by atoms with van der Waals surface area (Å²) in [6, 6.07) is 15.1. The van der Waals surface area contributed by atoms with Crippen molar-refractivity contribution in [2.45, 2.75) is 19.8 Å². The summed E-state index contributed by atoms with van der Waals surface area (Å²) in [5, 5.41) is 15.0. The minimum atomic E-state index is -0.458. The molecule has 0 aliphatic rings. The molecule has 0 spiro atoms. The van der Waals surface area contributed by atoms with Crippen molar-refractivity contribution in [2.75, 3.05) is 10.6 Å². The summed E-state index contributed by atoms with van der Waals surface area (Å²) in [4.78, 5) is 19.5. The van der Waals surface area contributed by atoms with Crippen LogP contribution in [0.2, 0.25) is 0 Å². The van der Waals surface area contributed by atoms with Crippen LogP contribution in [0.15, 0.2) is 60.6 Å². The van der Waals surface area contributed by atoms with Crippen molar-refractivity contribution in [3.8, 4) is 6.07 Å². The molecule has 0 unspecified atom stereocenters. The van der Waals surface area contributed by atoms with Gasteiger partial charge in [0.1, 0.15) is 11.6 Å². The highest BCUT2D eigenvalue weighted by Gasteiger charge is 2.10. The van der Waals surface area contributed by atoms with E-state index in [0.29, 0.717) is 11.6 Å². The van der Waals surface area contributed by atoms with Crippen molar-refractivity contribution in [3.05, 3.63) is 66.1 Å². The zero-order chi connectivity index (χ0) is 18.5. The number of benzene rings is 2. The van der Waals surface area contributed by atoms with Crippen LogP contribution in [0.3, 0.4) is 0 Å². The lowest BCUT2D eigenvalue weighted by atomic mass is 10.0. The van der Waals surface area contributed by atoms with E-state index in [2.05, 4.69) is 34.4 Å². The third-order valence-electron chi connectivity index (χ3n) is 4.00. The van der Waals surface area contributed by atoms with Crippen LogP contribution in [0.1, 0.15) is 25.3 Å². The third-order valence-corrected chi connectivity index (χ3v) is 4.00. The minimum absolute atomic E-state index is 0.0114. The Kier molecular flexibility index (Phi) is 4.99. The van der Waals surface area contributed by atoms with Gasteiger partial charge >= 0.3 is 0 Å². The van der Waals surface area contributed by atoms with Crippen LogP contribution < -0.4 is 10.6 Å². The molecule has 0 radical (unpaired) electrons. The van der Waals surface area contributed by atoms with Gasteiger partial charge in [-0.05, 0) is 41.8 Å². The van der Waals surface area contributed by atoms with E-state index < -0.39 is 5.91 Å². The molecule has 1 heterocycles. The maximum absolute atomic E-state index is 12.3. The Morgan fingerprint density at radius 2 is 1.92 bits per heavy atom. The van der Waals surface area contributed by atoms with Gasteiger partial charge in [0.15, 0.2) is 0 Å². The first-order chi connectivity index (χ1) is 12.6. The lowest BCUT2D eigenvalue weighted by molar-refractivity contribution is -0.112. The molecule has 0 saturated carbocycles. The number of nitrogens with one attached hydrogen (secondary N) is 3. The van der Waals surface area contributed by atoms with Crippen molar-refractivity contribution >= 4 is 28.3 Å². The number of nitriles is 1. The number of carbonyl (C=O) groups is 1. The number of rotatable bonds is 5. The van der Waals surface area contributed by atoms with Crippen LogP contribution in [0, 0.1) is 11.3 Å². The van der Waals surface area contributed by atoms with Gasteiger partial charge in [-0.15, -0.1) is 0 Å². The first-order valence-corrected chi connectivity index (χ1v) is 8.28. The van der Waals surface area contributed by atoms with Crippen LogP contribution in [-0.4, -0.2) is 15.9 Å². The van der Waals surface area contributed by atoms with E-state index in [0.717, 1.165) is 16.7 Å². The van der Waals surface area contributed by atoms with Gasteiger partial charge in [-0.25, -0.2) is 4.98 Å². The number of hydrogen-bond acceptors (Lipinski definition) is 4. The standard InChI is InChI=1S/C20H19N5O/c1-13(2)14-3-5-16(6-4-14)25-20(26)15(10-21)11-22-17-7-8-18-19(9-17)24-12-23-18/h3-9,11-13,22H,1-2H3,(H,23,24)(H,25,26)/b15-11-. The number of anilines is 2. The van der Waals surface area contributed by atoms with Crippen molar-refractivity contribution in [1.82, 2.24) is 9.97 Å². The topological polar surface area (TPSA) is 93.6 Å². The number of aromatic nitrogens is 2. The molecule has 0 fully saturated rings. The molecule has 26 heavy (non-hydrogen) atoms. The lowest BCUT2D eigenvalue weighted by Gasteiger charge is -2.08. The molecule has 0 saturated heterocycles. The molecule has 0 atom stereocenters. The number of nitrogens with zero attached hydrogens (tertiary/aromatic N) is 2. The number of imidazole rings is 1. The normalized spacial score (nSPS) is 11.4. The minimum Gasteiger partial charge on any atom is -0.360 e. The highest BCUT2D eigenvalue weighted by molar-refractivity contribution is 6.06. The number of hydrogen-bond donors (Lipinski definition) is 3. The highest BCUT2D eigenvalue weighted by Crippen LogP contribution is 2.18. The molecule has 0 bridgehead atoms. The van der Waals surface area contributed by atoms with E-state index in [-0.39, 0.29) is 5.57 Å². The van der Waals surface area contributed by atoms with Crippen LogP contribution >= 0.6 is 0 Å². The summed E-state index contributed by atoms with van der Waals surface area (Å²) >= 11 is 0. The Bertz CT molecular complexity index is 993. The predicted molar refractivity (Wildman–Crippen MR) is 103 cm³/mol. The summed E-state index contributed by atoms with van der Waals surface area (Å²) in [5.74, 6) is -0.0364. The molecule has 6 nitrogen and oxygen atoms in total. The Hall–Kier alpha value is -3.59. The monoisotopic (exact) mass is 345 g/mol. The Labute approximate surface area is 151 Å². The van der Waals surface area contributed by atoms with Crippen LogP contribution in [-0.2, 0) is 4.79 Å². The van der Waals surface area contributed by atoms with Gasteiger partial charge in [0.25, 0.3) is 5.91 Å². The maximum atomic E-state index is 12.3. The van der Waals surface area contributed by atoms with Gasteiger partial charge in [-0.3, -0.25) is 4.79 Å². The number of carbonyl (C=O) groups excluding carboxylic acids is 1. The molecule has 3 aromatic rings. The van der Waals surface area contributed by atoms with Crippen LogP contribution in [0.4, 0.5) is 11.4 Å². The van der Waals surface area contributed by atoms with Crippen molar-refractivity contribution < 1.29 is 4.79 Å². The molecule has 6 heteroatoms. The Balaban J connectivity index is 1.69. The van der Waals surface area contributed by atoms with Gasteiger partial charge in [-0.1, -0.05) is 26.0 Å². The maximum Gasteiger partial charge on any atom is 0.267 e. The van der Waals surface area contributed by atoms with Gasteiger partial charge in [0.05, 0.1) is 17.4 Å². The molecule has 3 rings (SSSR count). The summed E-state index contributed by atoms with van der Waals surface area (Å²) < 4.78 is 0. The van der Waals surface area contributed by atoms with Crippen molar-refractivity contribution in [3.63, 3.8) is 0 Å². The summed E-state index contributed by atoms with van der Waals surface area (Å²) in [6.45, 7) is 4.22. The molecule has 2 aromatic carbocycles. The lowest BCUT2D eigenvalue weighted by Crippen LogP contribution is -2.14. The summed E-state index contributed by atoms with van der Waals surface area (Å²) in [5.41, 5.74) is 4.31. The number of fused-ring (bicyclic) bond motifs is 1. The first kappa shape index (κ1) is 17.2. The molecular formula is C20H19N5O. The number of aromatic amines is 1. The van der Waals surface area contributed by atoms with Gasteiger partial charge < -0.3 is 15.6 Å². The SMILES string of the molecule is CC(C)c1ccc(NC(=O)/C(C#N)=C\Nc2ccc3nc[nH]c3c2)cc1. The zero-order valence-electron chi connectivity index (χ0n) is 14.6. The third kappa shape index (κ3) is 3.90. The average molecular weight is 345 g/mol. The second kappa shape index (κ2) is 7.53. The van der Waals surface area contributed by atoms with Gasteiger partial charge in [-0.2, -0.15) is 5.26 Å². The highest BCUT2D eigenvalue weighted by atomic mass is 16.1. The number of H-pyrrole nitrogens is 1. The second-order valence-electron chi connectivity index (χ2n) is 6.18. The van der Waals surface area contributed by atoms with Crippen molar-refractivity contribution in [1.29, 1.82) is 5.26 Å². The van der Waals surface area contributed by atoms with E-state index in [1.165, 1.54) is 11.8 Å². The fourth-order valence-corrected chi connectivity index (χ4v) is 2.48. The Morgan fingerprint density at radius 1 is 1.19 bits per heavy atom. The van der Waals surface area contributed by atoms with Crippen LogP contribution in [0.25, 0.3) is 11.0 Å². The molecule has 0 aliphatic carbocycles. The van der Waals surface area contributed by atoms with E-state index >= 15 is 0 Å². The summed E-state index contributed by atoms with van der Waals surface area (Å²) in [7, 11) is 0. The van der Waals surface area contributed by atoms with Gasteiger partial charge in [0.2, 0.25) is 0 Å². The average Bonchev–Trinajstić information content (AvgIpc) is 3.10. The van der Waals surface area contributed by atoms with E-state index in [1.54, 1.807) is 6.33 Å². The second-order valence-corrected chi connectivity index (χ2v) is 6.18. The smallest absolute Gasteiger partial charge is 0.267 e. The predicted octanol–water partition coefficient (Wildman–Crippen LogP) is 4.14. The molecule has 1 aromatic heterocycles. The van der Waals surface area contributed by atoms with E-state index in [1.807, 2.05) is 48.5 Å². The molecule has 0 aliphatic heterocycles. The van der Waals surface area contributed by atoms with E-state index in [4.69, 9.17) is 0 Å². The van der Waals surface area contributed by atoms with E-state index in [9.17, 15) is 10.1 Å².